The fourth-order valence-corrected chi connectivity index (χ4v) is 1.47. The summed E-state index contributed by atoms with van der Waals surface area (Å²) in [4.78, 5) is 32.3. The first kappa shape index (κ1) is 21.3. The van der Waals surface area contributed by atoms with Crippen molar-refractivity contribution in [2.24, 2.45) is 0 Å². The molecule has 0 spiro atoms. The van der Waals surface area contributed by atoms with Crippen LogP contribution in [-0.4, -0.2) is 46.2 Å². The van der Waals surface area contributed by atoms with Crippen molar-refractivity contribution in [2.45, 2.75) is 6.54 Å². The SMILES string of the molecule is C[NH+](C)Cc1ccccc1OC(=O)[NH+](C)C.O=C([O-])/C=C/C(=O)[O-]. The average Bonchev–Trinajstić information content (AvgIpc) is 2.47. The molecule has 132 valence electrons. The van der Waals surface area contributed by atoms with E-state index >= 15 is 0 Å². The van der Waals surface area contributed by atoms with Crippen LogP contribution >= 0.6 is 0 Å². The van der Waals surface area contributed by atoms with E-state index in [-0.39, 0.29) is 6.09 Å². The highest BCUT2D eigenvalue weighted by Crippen LogP contribution is 2.16. The van der Waals surface area contributed by atoms with Crippen LogP contribution in [0.5, 0.6) is 5.75 Å². The van der Waals surface area contributed by atoms with Crippen molar-refractivity contribution >= 4 is 18.0 Å². The molecule has 8 heteroatoms. The van der Waals surface area contributed by atoms with E-state index in [2.05, 4.69) is 14.1 Å². The minimum absolute atomic E-state index is 0.263. The van der Waals surface area contributed by atoms with Crippen LogP contribution in [0, 0.1) is 0 Å². The lowest BCUT2D eigenvalue weighted by Gasteiger charge is -2.12. The van der Waals surface area contributed by atoms with Crippen LogP contribution in [0.25, 0.3) is 0 Å². The van der Waals surface area contributed by atoms with Crippen LogP contribution < -0.4 is 24.7 Å². The largest absolute Gasteiger partial charge is 0.545 e. The summed E-state index contributed by atoms with van der Waals surface area (Å²) in [7, 11) is 7.63. The molecule has 1 amide bonds. The van der Waals surface area contributed by atoms with E-state index in [4.69, 9.17) is 4.74 Å². The number of amides is 1. The summed E-state index contributed by atoms with van der Waals surface area (Å²) in [6.45, 7) is 0.839. The van der Waals surface area contributed by atoms with E-state index in [0.717, 1.165) is 12.1 Å². The molecule has 0 fully saturated rings. The maximum Gasteiger partial charge on any atom is 0.519 e. The van der Waals surface area contributed by atoms with Crippen molar-refractivity contribution in [3.63, 3.8) is 0 Å². The Bertz CT molecular complexity index is 580. The Balaban J connectivity index is 0.000000561. The molecule has 8 nitrogen and oxygen atoms in total. The molecule has 0 aliphatic heterocycles. The first-order chi connectivity index (χ1) is 11.1. The van der Waals surface area contributed by atoms with Gasteiger partial charge in [0.2, 0.25) is 0 Å². The molecule has 0 unspecified atom stereocenters. The molecule has 24 heavy (non-hydrogen) atoms. The fourth-order valence-electron chi connectivity index (χ4n) is 1.47. The zero-order valence-electron chi connectivity index (χ0n) is 14.1. The smallest absolute Gasteiger partial charge is 0.519 e. The second-order valence-corrected chi connectivity index (χ2v) is 5.35. The number of rotatable bonds is 5. The number of carbonyl (C=O) groups is 3. The molecule has 0 radical (unpaired) electrons. The van der Waals surface area contributed by atoms with Gasteiger partial charge in [-0.1, -0.05) is 12.1 Å². The van der Waals surface area contributed by atoms with Crippen molar-refractivity contribution in [1.29, 1.82) is 0 Å². The Morgan fingerprint density at radius 3 is 1.92 bits per heavy atom. The highest BCUT2D eigenvalue weighted by Gasteiger charge is 2.15. The highest BCUT2D eigenvalue weighted by atomic mass is 16.6. The molecule has 0 bridgehead atoms. The number of carboxylic acids is 2. The third-order valence-electron chi connectivity index (χ3n) is 2.48. The summed E-state index contributed by atoms with van der Waals surface area (Å²) in [6, 6.07) is 7.65. The average molecular weight is 338 g/mol. The summed E-state index contributed by atoms with van der Waals surface area (Å²) < 4.78 is 5.32. The number of quaternary nitrogens is 2. The summed E-state index contributed by atoms with van der Waals surface area (Å²) in [6.07, 6.45) is 0.506. The van der Waals surface area contributed by atoms with E-state index in [1.165, 1.54) is 4.90 Å². The number of hydrogen-bond donors (Lipinski definition) is 2. The molecule has 1 rings (SSSR count). The van der Waals surface area contributed by atoms with Crippen LogP contribution in [0.1, 0.15) is 5.56 Å². The molecule has 1 aromatic carbocycles. The minimum atomic E-state index is -1.55. The molecular formula is C16H22N2O6. The van der Waals surface area contributed by atoms with E-state index < -0.39 is 11.9 Å². The van der Waals surface area contributed by atoms with Gasteiger partial charge in [0.15, 0.2) is 0 Å². The van der Waals surface area contributed by atoms with Crippen LogP contribution in [0.3, 0.4) is 0 Å². The van der Waals surface area contributed by atoms with Gasteiger partial charge in [0, 0.05) is 5.56 Å². The molecule has 0 heterocycles. The maximum absolute atomic E-state index is 11.5. The Morgan fingerprint density at radius 2 is 1.50 bits per heavy atom. The summed E-state index contributed by atoms with van der Waals surface area (Å²) in [5.41, 5.74) is 1.05. The number of benzene rings is 1. The second kappa shape index (κ2) is 10.9. The first-order valence-electron chi connectivity index (χ1n) is 7.12. The predicted octanol–water partition coefficient (Wildman–Crippen LogP) is -3.98. The van der Waals surface area contributed by atoms with Gasteiger partial charge in [0.25, 0.3) is 0 Å². The van der Waals surface area contributed by atoms with E-state index in [9.17, 15) is 24.6 Å². The molecule has 0 aliphatic rings. The Kier molecular flexibility index (Phi) is 9.69. The molecule has 0 saturated carbocycles. The van der Waals surface area contributed by atoms with Gasteiger partial charge >= 0.3 is 6.09 Å². The van der Waals surface area contributed by atoms with Crippen molar-refractivity contribution in [1.82, 2.24) is 0 Å². The summed E-state index contributed by atoms with van der Waals surface area (Å²) in [5, 5.41) is 18.8. The number of hydrogen-bond acceptors (Lipinski definition) is 6. The van der Waals surface area contributed by atoms with Crippen LogP contribution in [0.2, 0.25) is 0 Å². The standard InChI is InChI=1S/C12H18N2O2.C4H4O4/c1-13(2)9-10-7-5-6-8-11(10)16-12(15)14(3)4;5-3(6)1-2-4(7)8/h5-8H,9H2,1-4H3;1-2H,(H,5,6)(H,7,8)/b;2-1+. The van der Waals surface area contributed by atoms with Crippen molar-refractivity contribution in [3.8, 4) is 5.75 Å². The monoisotopic (exact) mass is 338 g/mol. The van der Waals surface area contributed by atoms with E-state index in [1.807, 2.05) is 24.3 Å². The second-order valence-electron chi connectivity index (χ2n) is 5.35. The number of para-hydroxylation sites is 1. The van der Waals surface area contributed by atoms with Gasteiger partial charge in [0.05, 0.1) is 40.1 Å². The molecule has 1 aromatic rings. The van der Waals surface area contributed by atoms with Crippen molar-refractivity contribution < 1.29 is 39.1 Å². The maximum atomic E-state index is 11.5. The number of ether oxygens (including phenoxy) is 1. The molecule has 0 atom stereocenters. The lowest BCUT2D eigenvalue weighted by molar-refractivity contribution is -0.872. The van der Waals surface area contributed by atoms with Crippen molar-refractivity contribution in [2.75, 3.05) is 28.2 Å². The zero-order valence-corrected chi connectivity index (χ0v) is 14.1. The zero-order chi connectivity index (χ0) is 18.7. The predicted molar refractivity (Wildman–Crippen MR) is 80.9 cm³/mol. The normalized spacial score (nSPS) is 10.4. The third-order valence-corrected chi connectivity index (χ3v) is 2.48. The number of carbonyl (C=O) groups excluding carboxylic acids is 3. The van der Waals surface area contributed by atoms with Gasteiger partial charge in [-0.05, 0) is 24.3 Å². The minimum Gasteiger partial charge on any atom is -0.545 e. The Hall–Kier alpha value is -2.71. The van der Waals surface area contributed by atoms with E-state index in [1.54, 1.807) is 14.1 Å². The quantitative estimate of drug-likeness (QED) is 0.529. The van der Waals surface area contributed by atoms with Gasteiger partial charge in [-0.25, -0.2) is 4.90 Å². The van der Waals surface area contributed by atoms with Gasteiger partial charge in [-0.2, -0.15) is 4.79 Å². The topological polar surface area (TPSA) is 115 Å². The van der Waals surface area contributed by atoms with Crippen LogP contribution in [0.15, 0.2) is 36.4 Å². The Labute approximate surface area is 140 Å². The Morgan fingerprint density at radius 1 is 1.00 bits per heavy atom. The number of nitrogens with one attached hydrogen (secondary N) is 2. The van der Waals surface area contributed by atoms with Crippen LogP contribution in [0.4, 0.5) is 4.79 Å². The molecule has 2 N–H and O–H groups in total. The van der Waals surface area contributed by atoms with E-state index in [0.29, 0.717) is 22.8 Å². The number of carboxylic acid groups (broad SMARTS) is 2. The first-order valence-corrected chi connectivity index (χ1v) is 7.12. The van der Waals surface area contributed by atoms with Crippen molar-refractivity contribution in [3.05, 3.63) is 42.0 Å². The van der Waals surface area contributed by atoms with Gasteiger partial charge in [0.1, 0.15) is 12.3 Å². The number of aliphatic carboxylic acids is 2. The summed E-state index contributed by atoms with van der Waals surface area (Å²) in [5.74, 6) is -2.43. The lowest BCUT2D eigenvalue weighted by Crippen LogP contribution is -3.09. The lowest BCUT2D eigenvalue weighted by atomic mass is 10.2. The highest BCUT2D eigenvalue weighted by molar-refractivity contribution is 5.87. The summed E-state index contributed by atoms with van der Waals surface area (Å²) >= 11 is 0. The molecule has 0 saturated heterocycles. The third kappa shape index (κ3) is 10.1. The van der Waals surface area contributed by atoms with Gasteiger partial charge < -0.3 is 29.4 Å². The van der Waals surface area contributed by atoms with Gasteiger partial charge in [-0.3, -0.25) is 0 Å². The van der Waals surface area contributed by atoms with Crippen LogP contribution in [-0.2, 0) is 16.1 Å². The fraction of sp³-hybridized carbons (Fsp3) is 0.312. The molecular weight excluding hydrogens is 316 g/mol. The molecule has 0 aromatic heterocycles. The van der Waals surface area contributed by atoms with Gasteiger partial charge in [-0.15, -0.1) is 0 Å². The molecule has 0 aliphatic carbocycles.